The summed E-state index contributed by atoms with van der Waals surface area (Å²) in [5.41, 5.74) is 10.4. The highest BCUT2D eigenvalue weighted by Crippen LogP contribution is 2.30. The number of benzene rings is 2. The molecule has 0 spiro atoms. The van der Waals surface area contributed by atoms with Gasteiger partial charge in [-0.3, -0.25) is 4.79 Å². The Morgan fingerprint density at radius 1 is 1.19 bits per heavy atom. The summed E-state index contributed by atoms with van der Waals surface area (Å²) in [4.78, 5) is 39.9. The van der Waals surface area contributed by atoms with Crippen LogP contribution in [0, 0.1) is 0 Å². The third-order valence-corrected chi connectivity index (χ3v) is 5.39. The van der Waals surface area contributed by atoms with Crippen molar-refractivity contribution in [2.24, 2.45) is 5.73 Å². The zero-order chi connectivity index (χ0) is 21.5. The standard InChI is InChI=1S/C22H20N6O3/c1-31-22(30)12-3-4-19-13(7-12)14(10-28(19)6-2-5-23)20-21(29)27-18-9-16-15(24-11-25-16)8-17(18)26-20/h3-4,7-11H,2,5-6,23H2,1H3,(H,24,25)(H,27,29). The summed E-state index contributed by atoms with van der Waals surface area (Å²) in [6.07, 6.45) is 4.27. The Bertz CT molecular complexity index is 1510. The number of carbonyl (C=O) groups is 1. The summed E-state index contributed by atoms with van der Waals surface area (Å²) in [5.74, 6) is -0.440. The summed E-state index contributed by atoms with van der Waals surface area (Å²) < 4.78 is 6.89. The molecule has 0 aliphatic rings. The quantitative estimate of drug-likeness (QED) is 0.377. The number of hydrogen-bond donors (Lipinski definition) is 3. The SMILES string of the molecule is COC(=O)c1ccc2c(c1)c(-c1nc3cc4[nH]cnc4cc3[nH]c1=O)cn2CCCN. The topological polar surface area (TPSA) is 132 Å². The highest BCUT2D eigenvalue weighted by Gasteiger charge is 2.18. The fourth-order valence-electron chi connectivity index (χ4n) is 3.88. The van der Waals surface area contributed by atoms with Gasteiger partial charge in [0.15, 0.2) is 0 Å². The molecule has 0 atom stereocenters. The number of hydrogen-bond acceptors (Lipinski definition) is 6. The molecule has 5 rings (SSSR count). The van der Waals surface area contributed by atoms with E-state index in [0.29, 0.717) is 35.2 Å². The van der Waals surface area contributed by atoms with Gasteiger partial charge in [-0.2, -0.15) is 0 Å². The molecule has 4 N–H and O–H groups in total. The number of rotatable bonds is 5. The van der Waals surface area contributed by atoms with Crippen molar-refractivity contribution in [1.82, 2.24) is 24.5 Å². The third-order valence-electron chi connectivity index (χ3n) is 5.39. The number of ether oxygens (including phenoxy) is 1. The first-order chi connectivity index (χ1) is 15.1. The molecule has 5 aromatic rings. The van der Waals surface area contributed by atoms with Gasteiger partial charge in [-0.25, -0.2) is 14.8 Å². The second-order valence-electron chi connectivity index (χ2n) is 7.31. The number of fused-ring (bicyclic) bond motifs is 3. The third kappa shape index (κ3) is 3.15. The smallest absolute Gasteiger partial charge is 0.337 e. The van der Waals surface area contributed by atoms with Crippen LogP contribution in [0.5, 0.6) is 0 Å². The molecule has 3 heterocycles. The Kier molecular flexibility index (Phi) is 4.52. The average Bonchev–Trinajstić information content (AvgIpc) is 3.38. The van der Waals surface area contributed by atoms with Gasteiger partial charge in [0.2, 0.25) is 0 Å². The normalized spacial score (nSPS) is 11.5. The molecule has 9 nitrogen and oxygen atoms in total. The number of nitrogens with zero attached hydrogens (tertiary/aromatic N) is 3. The molecule has 2 aromatic carbocycles. The minimum atomic E-state index is -0.440. The number of carbonyl (C=O) groups excluding carboxylic acids is 1. The minimum Gasteiger partial charge on any atom is -0.465 e. The number of nitrogens with two attached hydrogens (primary N) is 1. The van der Waals surface area contributed by atoms with Crippen LogP contribution >= 0.6 is 0 Å². The molecule has 0 aliphatic carbocycles. The lowest BCUT2D eigenvalue weighted by molar-refractivity contribution is 0.0601. The monoisotopic (exact) mass is 416 g/mol. The van der Waals surface area contributed by atoms with E-state index in [0.717, 1.165) is 28.4 Å². The van der Waals surface area contributed by atoms with E-state index in [1.165, 1.54) is 7.11 Å². The highest BCUT2D eigenvalue weighted by atomic mass is 16.5. The van der Waals surface area contributed by atoms with Gasteiger partial charge in [0.05, 0.1) is 41.1 Å². The summed E-state index contributed by atoms with van der Waals surface area (Å²) in [6, 6.07) is 8.94. The highest BCUT2D eigenvalue weighted by molar-refractivity contribution is 6.01. The van der Waals surface area contributed by atoms with Crippen molar-refractivity contribution in [2.75, 3.05) is 13.7 Å². The second-order valence-corrected chi connectivity index (χ2v) is 7.31. The number of methoxy groups -OCH3 is 1. The lowest BCUT2D eigenvalue weighted by atomic mass is 10.1. The van der Waals surface area contributed by atoms with E-state index in [2.05, 4.69) is 19.9 Å². The van der Waals surface area contributed by atoms with Gasteiger partial charge in [0.25, 0.3) is 5.56 Å². The Labute approximate surface area is 175 Å². The van der Waals surface area contributed by atoms with Crippen LogP contribution in [-0.2, 0) is 11.3 Å². The number of imidazole rings is 1. The summed E-state index contributed by atoms with van der Waals surface area (Å²) in [7, 11) is 1.34. The molecule has 0 amide bonds. The van der Waals surface area contributed by atoms with Crippen molar-refractivity contribution < 1.29 is 9.53 Å². The van der Waals surface area contributed by atoms with E-state index in [1.807, 2.05) is 22.9 Å². The van der Waals surface area contributed by atoms with Gasteiger partial charge < -0.3 is 25.0 Å². The van der Waals surface area contributed by atoms with Gasteiger partial charge >= 0.3 is 5.97 Å². The van der Waals surface area contributed by atoms with E-state index in [9.17, 15) is 9.59 Å². The molecular formula is C22H20N6O3. The van der Waals surface area contributed by atoms with E-state index < -0.39 is 5.97 Å². The van der Waals surface area contributed by atoms with Gasteiger partial charge in [0.1, 0.15) is 5.69 Å². The molecule has 0 aliphatic heterocycles. The van der Waals surface area contributed by atoms with Crippen molar-refractivity contribution in [3.63, 3.8) is 0 Å². The maximum absolute atomic E-state index is 13.0. The van der Waals surface area contributed by atoms with Gasteiger partial charge in [-0.15, -0.1) is 0 Å². The molecular weight excluding hydrogens is 396 g/mol. The summed E-state index contributed by atoms with van der Waals surface area (Å²) in [6.45, 7) is 1.23. The molecule has 3 aromatic heterocycles. The lowest BCUT2D eigenvalue weighted by Gasteiger charge is -2.05. The predicted molar refractivity (Wildman–Crippen MR) is 118 cm³/mol. The molecule has 156 valence electrons. The van der Waals surface area contributed by atoms with E-state index in [-0.39, 0.29) is 11.3 Å². The summed E-state index contributed by atoms with van der Waals surface area (Å²) >= 11 is 0. The second kappa shape index (κ2) is 7.37. The molecule has 0 bridgehead atoms. The Morgan fingerprint density at radius 2 is 2.03 bits per heavy atom. The molecule has 31 heavy (non-hydrogen) atoms. The largest absolute Gasteiger partial charge is 0.465 e. The van der Waals surface area contributed by atoms with Gasteiger partial charge in [0, 0.05) is 29.2 Å². The maximum atomic E-state index is 13.0. The average molecular weight is 416 g/mol. The number of nitrogens with one attached hydrogen (secondary N) is 2. The number of aryl methyl sites for hydroxylation is 1. The van der Waals surface area contributed by atoms with Crippen LogP contribution in [0.4, 0.5) is 0 Å². The van der Waals surface area contributed by atoms with Crippen molar-refractivity contribution in [3.05, 3.63) is 58.8 Å². The first-order valence-electron chi connectivity index (χ1n) is 9.88. The molecule has 0 fully saturated rings. The zero-order valence-electron chi connectivity index (χ0n) is 16.8. The van der Waals surface area contributed by atoms with Gasteiger partial charge in [-0.1, -0.05) is 0 Å². The van der Waals surface area contributed by atoms with E-state index in [4.69, 9.17) is 10.5 Å². The number of H-pyrrole nitrogens is 2. The van der Waals surface area contributed by atoms with E-state index >= 15 is 0 Å². The molecule has 0 saturated carbocycles. The number of aromatic nitrogens is 5. The van der Waals surface area contributed by atoms with E-state index in [1.54, 1.807) is 24.5 Å². The fraction of sp³-hybridized carbons (Fsp3) is 0.182. The first-order valence-corrected chi connectivity index (χ1v) is 9.88. The van der Waals surface area contributed by atoms with Crippen LogP contribution in [0.3, 0.4) is 0 Å². The molecule has 0 saturated heterocycles. The van der Waals surface area contributed by atoms with Crippen molar-refractivity contribution in [1.29, 1.82) is 0 Å². The van der Waals surface area contributed by atoms with Crippen LogP contribution in [0.2, 0.25) is 0 Å². The van der Waals surface area contributed by atoms with Crippen molar-refractivity contribution in [2.45, 2.75) is 13.0 Å². The molecule has 0 unspecified atom stereocenters. The Hall–Kier alpha value is -3.98. The first kappa shape index (κ1) is 19.0. The van der Waals surface area contributed by atoms with Crippen LogP contribution in [-0.4, -0.2) is 44.1 Å². The Morgan fingerprint density at radius 3 is 2.84 bits per heavy atom. The molecule has 0 radical (unpaired) electrons. The van der Waals surface area contributed by atoms with Crippen molar-refractivity contribution >= 4 is 38.9 Å². The lowest BCUT2D eigenvalue weighted by Crippen LogP contribution is -2.11. The minimum absolute atomic E-state index is 0.282. The van der Waals surface area contributed by atoms with Crippen LogP contribution in [0.1, 0.15) is 16.8 Å². The zero-order valence-corrected chi connectivity index (χ0v) is 16.8. The number of aromatic amines is 2. The van der Waals surface area contributed by atoms with Crippen LogP contribution in [0.25, 0.3) is 44.2 Å². The predicted octanol–water partition coefficient (Wildman–Crippen LogP) is 2.56. The fourth-order valence-corrected chi connectivity index (χ4v) is 3.88. The van der Waals surface area contributed by atoms with Crippen LogP contribution in [0.15, 0.2) is 47.7 Å². The number of esters is 1. The Balaban J connectivity index is 1.76. The van der Waals surface area contributed by atoms with Crippen LogP contribution < -0.4 is 11.3 Å². The molecule has 9 heteroatoms. The van der Waals surface area contributed by atoms with Crippen molar-refractivity contribution in [3.8, 4) is 11.3 Å². The van der Waals surface area contributed by atoms with Gasteiger partial charge in [-0.05, 0) is 43.3 Å². The summed E-state index contributed by atoms with van der Waals surface area (Å²) in [5, 5.41) is 0.750. The maximum Gasteiger partial charge on any atom is 0.337 e.